The molecule has 0 aromatic rings. The van der Waals surface area contributed by atoms with Crippen LogP contribution in [0.2, 0.25) is 0 Å². The highest BCUT2D eigenvalue weighted by Gasteiger charge is 2.47. The van der Waals surface area contributed by atoms with E-state index >= 15 is 0 Å². The average Bonchev–Trinajstić information content (AvgIpc) is 2.26. The molecule has 0 radical (unpaired) electrons. The largest absolute Gasteiger partial charge is 0.761 e. The maximum Gasteiger partial charge on any atom is 0.761 e. The van der Waals surface area contributed by atoms with E-state index < -0.39 is 32.9 Å². The molecule has 0 rings (SSSR count). The fourth-order valence-corrected chi connectivity index (χ4v) is 5.60. The Morgan fingerprint density at radius 2 is 1.17 bits per heavy atom. The van der Waals surface area contributed by atoms with Gasteiger partial charge in [0.2, 0.25) is 0 Å². The molecular weight excluding hydrogens is 300 g/mol. The Morgan fingerprint density at radius 3 is 1.28 bits per heavy atom. The van der Waals surface area contributed by atoms with E-state index in [2.05, 4.69) is 0 Å². The van der Waals surface area contributed by atoms with Gasteiger partial charge in [-0.05, 0) is 13.3 Å². The summed E-state index contributed by atoms with van der Waals surface area (Å²) in [6.45, 7) is 5.81. The minimum absolute atomic E-state index is 0.0966. The Kier molecular flexibility index (Phi) is 7.93. The van der Waals surface area contributed by atoms with Gasteiger partial charge in [-0.3, -0.25) is 4.46 Å². The first-order valence-electron chi connectivity index (χ1n) is 5.28. The first kappa shape index (κ1) is 19.8. The lowest BCUT2D eigenvalue weighted by Gasteiger charge is -2.26. The van der Waals surface area contributed by atoms with Crippen molar-refractivity contribution in [2.24, 2.45) is 0 Å². The van der Waals surface area contributed by atoms with Gasteiger partial charge in [0, 0.05) is 11.5 Å². The Bertz CT molecular complexity index is 428. The van der Waals surface area contributed by atoms with Crippen molar-refractivity contribution in [3.63, 3.8) is 0 Å². The molecule has 0 spiro atoms. The summed E-state index contributed by atoms with van der Waals surface area (Å²) in [5, 5.41) is 0. The van der Waals surface area contributed by atoms with Crippen molar-refractivity contribution >= 4 is 28.8 Å². The smallest absolute Gasteiger partial charge is 0.511 e. The van der Waals surface area contributed by atoms with Crippen molar-refractivity contribution in [1.82, 2.24) is 0 Å². The van der Waals surface area contributed by atoms with E-state index in [0.29, 0.717) is 0 Å². The zero-order valence-electron chi connectivity index (χ0n) is 10.9. The van der Waals surface area contributed by atoms with Crippen LogP contribution in [0, 0.1) is 0 Å². The molecule has 0 aliphatic heterocycles. The third kappa shape index (κ3) is 4.65. The van der Waals surface area contributed by atoms with Crippen LogP contribution in [-0.4, -0.2) is 51.2 Å². The van der Waals surface area contributed by atoms with Crippen LogP contribution < -0.4 is 0 Å². The highest BCUT2D eigenvalue weighted by molar-refractivity contribution is 8.10. The average molecular weight is 320 g/mol. The lowest BCUT2D eigenvalue weighted by atomic mass is 10.4. The molecule has 0 aliphatic rings. The minimum atomic E-state index is -3.57. The quantitative estimate of drug-likeness (QED) is 0.646. The van der Waals surface area contributed by atoms with Gasteiger partial charge in [-0.25, -0.2) is 16.8 Å². The van der Waals surface area contributed by atoms with E-state index in [4.69, 9.17) is 14.1 Å². The molecule has 18 heavy (non-hydrogen) atoms. The van der Waals surface area contributed by atoms with E-state index in [1.54, 1.807) is 6.92 Å². The number of hydrogen-bond acceptors (Lipinski definition) is 5. The summed E-state index contributed by atoms with van der Waals surface area (Å²) in [7, 11) is -10.3. The molecule has 0 fully saturated rings. The predicted molar refractivity (Wildman–Crippen MR) is 68.5 cm³/mol. The lowest BCUT2D eigenvalue weighted by Crippen LogP contribution is -2.44. The van der Waals surface area contributed by atoms with Crippen LogP contribution in [-0.2, 0) is 24.1 Å². The van der Waals surface area contributed by atoms with E-state index in [1.807, 2.05) is 0 Å². The Morgan fingerprint density at radius 1 is 0.944 bits per heavy atom. The Labute approximate surface area is 110 Å². The van der Waals surface area contributed by atoms with Crippen LogP contribution in [0.4, 0.5) is 0 Å². The molecule has 0 amide bonds. The molecule has 0 aromatic heterocycles. The van der Waals surface area contributed by atoms with Crippen molar-refractivity contribution in [2.45, 2.75) is 38.2 Å². The molecular formula is C8H20O7S2Si. The number of sulfone groups is 2. The summed E-state index contributed by atoms with van der Waals surface area (Å²) in [6, 6.07) is 0. The molecule has 0 aromatic carbocycles. The van der Waals surface area contributed by atoms with Gasteiger partial charge in [0.05, 0.1) is 0 Å². The third-order valence-electron chi connectivity index (χ3n) is 2.72. The van der Waals surface area contributed by atoms with Crippen LogP contribution in [0.1, 0.15) is 34.1 Å². The first-order chi connectivity index (χ1) is 7.91. The zero-order valence-corrected chi connectivity index (χ0v) is 13.5. The molecule has 10 heteroatoms. The van der Waals surface area contributed by atoms with Gasteiger partial charge in [-0.2, -0.15) is 0 Å². The van der Waals surface area contributed by atoms with Crippen molar-refractivity contribution in [1.29, 1.82) is 0 Å². The predicted octanol–water partition coefficient (Wildman–Crippen LogP) is -0.632. The molecule has 0 bridgehead atoms. The lowest BCUT2D eigenvalue weighted by molar-refractivity contribution is 0.330. The summed E-state index contributed by atoms with van der Waals surface area (Å²) in [5.74, 6) is -0.285. The zero-order chi connectivity index (χ0) is 15.2. The Balaban J connectivity index is 0. The topological polar surface area (TPSA) is 126 Å². The summed E-state index contributed by atoms with van der Waals surface area (Å²) in [6.07, 6.45) is 0.0966. The minimum Gasteiger partial charge on any atom is -0.511 e. The molecule has 0 saturated carbocycles. The summed E-state index contributed by atoms with van der Waals surface area (Å²) < 4.78 is 53.8. The monoisotopic (exact) mass is 320 g/mol. The van der Waals surface area contributed by atoms with Crippen LogP contribution in [0.5, 0.6) is 0 Å². The van der Waals surface area contributed by atoms with E-state index in [9.17, 15) is 16.8 Å². The first-order valence-corrected chi connectivity index (χ1v) is 9.89. The normalized spacial score (nSPS) is 12.4. The van der Waals surface area contributed by atoms with Crippen molar-refractivity contribution < 1.29 is 30.9 Å². The standard InChI is InChI=1S/C8H18O4S2.H2O3Si/c1-5-8(4,13(9,10)6-2)14(11,12)7-3;1-4(2)3/h5-7H2,1-4H3;1-2H. The molecule has 7 nitrogen and oxygen atoms in total. The van der Waals surface area contributed by atoms with Gasteiger partial charge in [0.1, 0.15) is 0 Å². The Hall–Kier alpha value is -0.483. The second-order valence-electron chi connectivity index (χ2n) is 3.58. The molecule has 0 heterocycles. The SMILES string of the molecule is CCC(C)(S(=O)(=O)CC)S(=O)(=O)CC.O=[Si](O)O. The molecule has 0 unspecified atom stereocenters. The van der Waals surface area contributed by atoms with E-state index in [0.717, 1.165) is 0 Å². The second-order valence-corrected chi connectivity index (χ2v) is 9.82. The maximum absolute atomic E-state index is 11.7. The summed E-state index contributed by atoms with van der Waals surface area (Å²) >= 11 is 0. The summed E-state index contributed by atoms with van der Waals surface area (Å²) in [4.78, 5) is 14.3. The fraction of sp³-hybridized carbons (Fsp3) is 1.00. The molecule has 0 saturated heterocycles. The maximum atomic E-state index is 11.7. The van der Waals surface area contributed by atoms with Gasteiger partial charge < -0.3 is 9.59 Å². The molecule has 0 atom stereocenters. The van der Waals surface area contributed by atoms with Crippen molar-refractivity contribution in [3.8, 4) is 0 Å². The van der Waals surface area contributed by atoms with Crippen LogP contribution >= 0.6 is 0 Å². The number of hydrogen-bond donors (Lipinski definition) is 2. The van der Waals surface area contributed by atoms with E-state index in [-0.39, 0.29) is 17.9 Å². The van der Waals surface area contributed by atoms with E-state index in [1.165, 1.54) is 20.8 Å². The van der Waals surface area contributed by atoms with Gasteiger partial charge in [-0.15, -0.1) is 0 Å². The highest BCUT2D eigenvalue weighted by atomic mass is 32.3. The van der Waals surface area contributed by atoms with Gasteiger partial charge >= 0.3 is 9.17 Å². The molecule has 2 N–H and O–H groups in total. The van der Waals surface area contributed by atoms with Gasteiger partial charge in [-0.1, -0.05) is 20.8 Å². The van der Waals surface area contributed by atoms with Crippen LogP contribution in [0.25, 0.3) is 0 Å². The molecule has 0 aliphatic carbocycles. The van der Waals surface area contributed by atoms with Crippen LogP contribution in [0.3, 0.4) is 0 Å². The van der Waals surface area contributed by atoms with Crippen molar-refractivity contribution in [2.75, 3.05) is 11.5 Å². The fourth-order valence-electron chi connectivity index (χ4n) is 1.24. The third-order valence-corrected chi connectivity index (χ3v) is 8.97. The number of rotatable bonds is 5. The second kappa shape index (κ2) is 7.19. The summed E-state index contributed by atoms with van der Waals surface area (Å²) in [5.41, 5.74) is 0. The van der Waals surface area contributed by atoms with Gasteiger partial charge in [0.25, 0.3) is 0 Å². The van der Waals surface area contributed by atoms with Gasteiger partial charge in [0.15, 0.2) is 23.8 Å². The highest BCUT2D eigenvalue weighted by Crippen LogP contribution is 2.29. The van der Waals surface area contributed by atoms with Crippen LogP contribution in [0.15, 0.2) is 0 Å². The molecule has 110 valence electrons. The van der Waals surface area contributed by atoms with Crippen molar-refractivity contribution in [3.05, 3.63) is 0 Å².